The van der Waals surface area contributed by atoms with E-state index in [1.807, 2.05) is 23.8 Å². The zero-order valence-corrected chi connectivity index (χ0v) is 19.1. The molecule has 2 fully saturated rings. The van der Waals surface area contributed by atoms with E-state index in [1.54, 1.807) is 6.20 Å². The number of nitrogens with zero attached hydrogens (tertiary/aromatic N) is 3. The average Bonchev–Trinajstić information content (AvgIpc) is 3.21. The van der Waals surface area contributed by atoms with Crippen molar-refractivity contribution in [2.75, 3.05) is 32.8 Å². The monoisotopic (exact) mass is 440 g/mol. The van der Waals surface area contributed by atoms with Crippen LogP contribution < -0.4 is 5.32 Å². The quantitative estimate of drug-likeness (QED) is 0.645. The zero-order chi connectivity index (χ0) is 22.4. The number of aliphatic hydroxyl groups is 1. The Kier molecular flexibility index (Phi) is 7.60. The molecule has 32 heavy (non-hydrogen) atoms. The predicted molar refractivity (Wildman–Crippen MR) is 123 cm³/mol. The topological polar surface area (TPSA) is 79.6 Å². The number of aromatic nitrogens is 2. The molecule has 7 heteroatoms. The summed E-state index contributed by atoms with van der Waals surface area (Å²) >= 11 is 0. The Morgan fingerprint density at radius 3 is 2.72 bits per heavy atom. The van der Waals surface area contributed by atoms with E-state index >= 15 is 0 Å². The molecular formula is C25H36N4O3. The summed E-state index contributed by atoms with van der Waals surface area (Å²) in [5.41, 5.74) is 1.06. The van der Waals surface area contributed by atoms with Gasteiger partial charge in [0.1, 0.15) is 12.4 Å². The molecule has 7 nitrogen and oxygen atoms in total. The lowest BCUT2D eigenvalue weighted by Crippen LogP contribution is -2.48. The van der Waals surface area contributed by atoms with E-state index in [1.165, 1.54) is 5.56 Å². The first-order valence-corrected chi connectivity index (χ1v) is 11.9. The summed E-state index contributed by atoms with van der Waals surface area (Å²) in [6.45, 7) is 6.13. The van der Waals surface area contributed by atoms with E-state index in [0.717, 1.165) is 64.2 Å². The maximum atomic E-state index is 12.8. The molecule has 0 spiro atoms. The van der Waals surface area contributed by atoms with Crippen molar-refractivity contribution >= 4 is 5.91 Å². The van der Waals surface area contributed by atoms with Crippen molar-refractivity contribution in [2.45, 2.75) is 63.1 Å². The lowest BCUT2D eigenvalue weighted by Gasteiger charge is -2.37. The molecule has 4 rings (SSSR count). The van der Waals surface area contributed by atoms with Crippen molar-refractivity contribution in [3.63, 3.8) is 0 Å². The smallest absolute Gasteiger partial charge is 0.240 e. The third-order valence-corrected chi connectivity index (χ3v) is 7.24. The Morgan fingerprint density at radius 1 is 1.22 bits per heavy atom. The summed E-state index contributed by atoms with van der Waals surface area (Å²) in [7, 11) is 0. The number of carbonyl (C=O) groups excluding carboxylic acids is 1. The second-order valence-corrected chi connectivity index (χ2v) is 9.11. The number of hydrogen-bond donors (Lipinski definition) is 2. The first-order valence-electron chi connectivity index (χ1n) is 11.9. The lowest BCUT2D eigenvalue weighted by atomic mass is 9.74. The van der Waals surface area contributed by atoms with E-state index in [0.29, 0.717) is 6.54 Å². The van der Waals surface area contributed by atoms with Gasteiger partial charge in [0.15, 0.2) is 0 Å². The predicted octanol–water partition coefficient (Wildman–Crippen LogP) is 2.14. The Hall–Kier alpha value is -2.22. The molecule has 1 amide bonds. The number of rotatable bonds is 7. The minimum atomic E-state index is -0.354. The summed E-state index contributed by atoms with van der Waals surface area (Å²) in [5, 5.41) is 14.2. The number of morpholine rings is 1. The van der Waals surface area contributed by atoms with Crippen LogP contribution in [0.4, 0.5) is 0 Å². The second-order valence-electron chi connectivity index (χ2n) is 9.11. The van der Waals surface area contributed by atoms with Gasteiger partial charge in [0.05, 0.1) is 19.3 Å². The highest BCUT2D eigenvalue weighted by Crippen LogP contribution is 2.39. The Labute approximate surface area is 190 Å². The van der Waals surface area contributed by atoms with E-state index in [-0.39, 0.29) is 30.0 Å². The van der Waals surface area contributed by atoms with Crippen LogP contribution in [0.5, 0.6) is 0 Å². The molecule has 2 aliphatic rings. The number of aryl methyl sites for hydroxylation is 1. The van der Waals surface area contributed by atoms with Crippen molar-refractivity contribution in [2.24, 2.45) is 0 Å². The third-order valence-electron chi connectivity index (χ3n) is 7.24. The van der Waals surface area contributed by atoms with Crippen LogP contribution in [0.3, 0.4) is 0 Å². The summed E-state index contributed by atoms with van der Waals surface area (Å²) in [4.78, 5) is 19.5. The van der Waals surface area contributed by atoms with E-state index in [9.17, 15) is 9.90 Å². The Balaban J connectivity index is 1.48. The van der Waals surface area contributed by atoms with Gasteiger partial charge < -0.3 is 19.7 Å². The molecule has 0 radical (unpaired) electrons. The first-order chi connectivity index (χ1) is 15.6. The fourth-order valence-electron chi connectivity index (χ4n) is 5.33. The Morgan fingerprint density at radius 2 is 1.97 bits per heavy atom. The number of nitrogens with one attached hydrogen (secondary N) is 1. The summed E-state index contributed by atoms with van der Waals surface area (Å²) in [5.74, 6) is 0.923. The number of aliphatic hydroxyl groups excluding tert-OH is 1. The van der Waals surface area contributed by atoms with Gasteiger partial charge in [0.2, 0.25) is 5.91 Å². The van der Waals surface area contributed by atoms with Crippen molar-refractivity contribution in [1.29, 1.82) is 0 Å². The molecule has 1 saturated heterocycles. The average molecular weight is 441 g/mol. The van der Waals surface area contributed by atoms with Crippen LogP contribution in [-0.4, -0.2) is 70.5 Å². The van der Waals surface area contributed by atoms with Crippen LogP contribution in [-0.2, 0) is 27.9 Å². The molecule has 0 unspecified atom stereocenters. The molecule has 174 valence electrons. The van der Waals surface area contributed by atoms with Gasteiger partial charge in [-0.1, -0.05) is 37.3 Å². The van der Waals surface area contributed by atoms with Gasteiger partial charge in [0.25, 0.3) is 0 Å². The van der Waals surface area contributed by atoms with E-state index in [2.05, 4.69) is 39.5 Å². The van der Waals surface area contributed by atoms with Gasteiger partial charge in [-0.2, -0.15) is 0 Å². The Bertz CT molecular complexity index is 865. The molecule has 0 bridgehead atoms. The van der Waals surface area contributed by atoms with Crippen LogP contribution in [0.15, 0.2) is 42.7 Å². The molecule has 1 aromatic heterocycles. The highest BCUT2D eigenvalue weighted by Gasteiger charge is 2.40. The molecule has 2 heterocycles. The summed E-state index contributed by atoms with van der Waals surface area (Å²) in [6, 6.07) is 10.6. The SMILES string of the molecule is CCc1nccn1CC(=O)NC[C@]1(c2ccccc2)CC[C@H](O)[C@@H](N2CCOCC2)CC1. The maximum absolute atomic E-state index is 12.8. The molecule has 1 aliphatic heterocycles. The first kappa shape index (κ1) is 23.0. The highest BCUT2D eigenvalue weighted by atomic mass is 16.5. The number of benzene rings is 1. The van der Waals surface area contributed by atoms with Crippen LogP contribution in [0.2, 0.25) is 0 Å². The number of amides is 1. The molecule has 1 aliphatic carbocycles. The summed E-state index contributed by atoms with van der Waals surface area (Å²) in [6.07, 6.45) is 7.48. The maximum Gasteiger partial charge on any atom is 0.240 e. The van der Waals surface area contributed by atoms with Crippen molar-refractivity contribution in [3.05, 3.63) is 54.1 Å². The molecule has 2 aromatic rings. The molecule has 3 atom stereocenters. The van der Waals surface area contributed by atoms with E-state index < -0.39 is 0 Å². The minimum absolute atomic E-state index is 0.00234. The van der Waals surface area contributed by atoms with E-state index in [4.69, 9.17) is 4.74 Å². The zero-order valence-electron chi connectivity index (χ0n) is 19.1. The van der Waals surface area contributed by atoms with Crippen LogP contribution >= 0.6 is 0 Å². The fourth-order valence-corrected chi connectivity index (χ4v) is 5.33. The van der Waals surface area contributed by atoms with Gasteiger partial charge in [-0.3, -0.25) is 9.69 Å². The normalized spacial score (nSPS) is 27.1. The lowest BCUT2D eigenvalue weighted by molar-refractivity contribution is -0.122. The number of ether oxygens (including phenoxy) is 1. The van der Waals surface area contributed by atoms with Crippen molar-refractivity contribution in [3.8, 4) is 0 Å². The summed E-state index contributed by atoms with van der Waals surface area (Å²) < 4.78 is 7.43. The standard InChI is InChI=1S/C25H36N4O3/c1-2-23-26-12-13-29(23)18-24(31)27-19-25(20-6-4-3-5-7-20)10-8-21(22(30)9-11-25)28-14-16-32-17-15-28/h3-7,12-13,21-22,30H,2,8-11,14-19H2,1H3,(H,27,31)/t21-,22-,25+/m0/s1. The number of imidazole rings is 1. The van der Waals surface area contributed by atoms with Gasteiger partial charge in [-0.15, -0.1) is 0 Å². The number of hydrogen-bond acceptors (Lipinski definition) is 5. The number of carbonyl (C=O) groups is 1. The van der Waals surface area contributed by atoms with Crippen LogP contribution in [0.1, 0.15) is 44.0 Å². The van der Waals surface area contributed by atoms with Gasteiger partial charge in [-0.05, 0) is 31.2 Å². The van der Waals surface area contributed by atoms with Crippen LogP contribution in [0, 0.1) is 0 Å². The fraction of sp³-hybridized carbons (Fsp3) is 0.600. The molecular weight excluding hydrogens is 404 g/mol. The van der Waals surface area contributed by atoms with Gasteiger partial charge in [-0.25, -0.2) is 4.98 Å². The molecule has 1 saturated carbocycles. The van der Waals surface area contributed by atoms with Crippen molar-refractivity contribution in [1.82, 2.24) is 19.8 Å². The second kappa shape index (κ2) is 10.6. The molecule has 2 N–H and O–H groups in total. The third kappa shape index (κ3) is 5.22. The van der Waals surface area contributed by atoms with Gasteiger partial charge in [0, 0.05) is 49.9 Å². The molecule has 1 aromatic carbocycles. The largest absolute Gasteiger partial charge is 0.391 e. The van der Waals surface area contributed by atoms with Gasteiger partial charge >= 0.3 is 0 Å². The minimum Gasteiger partial charge on any atom is -0.391 e. The van der Waals surface area contributed by atoms with Crippen LogP contribution in [0.25, 0.3) is 0 Å². The van der Waals surface area contributed by atoms with Crippen molar-refractivity contribution < 1.29 is 14.6 Å². The highest BCUT2D eigenvalue weighted by molar-refractivity contribution is 5.76.